The Morgan fingerprint density at radius 2 is 1.62 bits per heavy atom. The van der Waals surface area contributed by atoms with E-state index in [4.69, 9.17) is 18.9 Å². The third-order valence-electron chi connectivity index (χ3n) is 7.36. The monoisotopic (exact) mass is 568 g/mol. The molecule has 10 heteroatoms. The lowest BCUT2D eigenvalue weighted by atomic mass is 10.00. The van der Waals surface area contributed by atoms with Crippen LogP contribution in [-0.4, -0.2) is 63.8 Å². The third-order valence-corrected chi connectivity index (χ3v) is 7.36. The number of ether oxygens (including phenoxy) is 4. The van der Waals surface area contributed by atoms with E-state index in [-0.39, 0.29) is 29.5 Å². The summed E-state index contributed by atoms with van der Waals surface area (Å²) in [5.74, 6) is -1.21. The summed E-state index contributed by atoms with van der Waals surface area (Å²) in [6, 6.07) is 24.1. The molecule has 0 aliphatic carbocycles. The van der Waals surface area contributed by atoms with Crippen LogP contribution in [0.4, 0.5) is 0 Å². The smallest absolute Gasteiger partial charge is 0.340 e. The highest BCUT2D eigenvalue weighted by molar-refractivity contribution is 5.98. The van der Waals surface area contributed by atoms with Crippen LogP contribution in [0, 0.1) is 0 Å². The molecule has 0 saturated carbocycles. The summed E-state index contributed by atoms with van der Waals surface area (Å²) >= 11 is 0. The van der Waals surface area contributed by atoms with Gasteiger partial charge in [0.2, 0.25) is 5.88 Å². The number of fused-ring (bicyclic) bond motifs is 3. The zero-order chi connectivity index (χ0) is 28.9. The SMILES string of the molecule is C/C1=C\C(=O)Oc2c(nc3ccc(OCCCN4CCC(OC(c5ccccc5)c5ccccc5)CC4)nn23)OC1=O. The molecule has 4 heterocycles. The number of imidazole rings is 1. The fourth-order valence-electron chi connectivity index (χ4n) is 5.17. The molecule has 2 aromatic heterocycles. The molecule has 2 aliphatic rings. The molecule has 0 radical (unpaired) electrons. The molecule has 10 nitrogen and oxygen atoms in total. The van der Waals surface area contributed by atoms with Crippen LogP contribution in [0.3, 0.4) is 0 Å². The van der Waals surface area contributed by atoms with Crippen LogP contribution in [0.25, 0.3) is 5.65 Å². The highest BCUT2D eigenvalue weighted by Crippen LogP contribution is 2.31. The van der Waals surface area contributed by atoms with Crippen molar-refractivity contribution in [3.8, 4) is 17.6 Å². The zero-order valence-corrected chi connectivity index (χ0v) is 23.3. The molecule has 6 rings (SSSR count). The highest BCUT2D eigenvalue weighted by atomic mass is 16.6. The minimum Gasteiger partial charge on any atom is -0.477 e. The first-order chi connectivity index (χ1) is 20.5. The summed E-state index contributed by atoms with van der Waals surface area (Å²) in [6.45, 7) is 4.76. The maximum Gasteiger partial charge on any atom is 0.340 e. The summed E-state index contributed by atoms with van der Waals surface area (Å²) < 4.78 is 24.4. The predicted octanol–water partition coefficient (Wildman–Crippen LogP) is 4.54. The van der Waals surface area contributed by atoms with Crippen molar-refractivity contribution in [2.75, 3.05) is 26.2 Å². The number of carbonyl (C=O) groups is 2. The fourth-order valence-corrected chi connectivity index (χ4v) is 5.17. The number of hydrogen-bond acceptors (Lipinski definition) is 9. The number of nitrogens with zero attached hydrogens (tertiary/aromatic N) is 4. The van der Waals surface area contributed by atoms with Crippen LogP contribution in [0.2, 0.25) is 0 Å². The van der Waals surface area contributed by atoms with Crippen molar-refractivity contribution < 1.29 is 28.5 Å². The van der Waals surface area contributed by atoms with Gasteiger partial charge >= 0.3 is 11.9 Å². The van der Waals surface area contributed by atoms with Gasteiger partial charge in [-0.3, -0.25) is 0 Å². The Bertz CT molecular complexity index is 1540. The quantitative estimate of drug-likeness (QED) is 0.213. The van der Waals surface area contributed by atoms with Gasteiger partial charge in [-0.15, -0.1) is 5.10 Å². The Labute approximate surface area is 243 Å². The molecule has 0 N–H and O–H groups in total. The van der Waals surface area contributed by atoms with Crippen LogP contribution in [0.5, 0.6) is 17.6 Å². The molecule has 1 saturated heterocycles. The number of hydrogen-bond donors (Lipinski definition) is 0. The van der Waals surface area contributed by atoms with E-state index >= 15 is 0 Å². The number of aromatic nitrogens is 3. The Kier molecular flexibility index (Phi) is 8.25. The van der Waals surface area contributed by atoms with E-state index in [0.29, 0.717) is 18.1 Å². The summed E-state index contributed by atoms with van der Waals surface area (Å²) in [5.41, 5.74) is 2.83. The minimum absolute atomic E-state index is 0.0654. The maximum atomic E-state index is 12.1. The Morgan fingerprint density at radius 1 is 0.929 bits per heavy atom. The van der Waals surface area contributed by atoms with Gasteiger partial charge in [-0.25, -0.2) is 9.59 Å². The molecule has 2 aliphatic heterocycles. The lowest BCUT2D eigenvalue weighted by Crippen LogP contribution is -2.38. The molecule has 42 heavy (non-hydrogen) atoms. The number of benzene rings is 2. The summed E-state index contributed by atoms with van der Waals surface area (Å²) in [7, 11) is 0. The molecule has 0 spiro atoms. The minimum atomic E-state index is -0.704. The van der Waals surface area contributed by atoms with Gasteiger partial charge in [-0.05, 0) is 43.4 Å². The van der Waals surface area contributed by atoms with Gasteiger partial charge in [0, 0.05) is 37.3 Å². The third kappa shape index (κ3) is 6.35. The van der Waals surface area contributed by atoms with Gasteiger partial charge in [0.25, 0.3) is 11.8 Å². The number of rotatable bonds is 9. The van der Waals surface area contributed by atoms with E-state index in [0.717, 1.165) is 45.0 Å². The van der Waals surface area contributed by atoms with Crippen molar-refractivity contribution in [3.05, 3.63) is 95.6 Å². The molecule has 0 atom stereocenters. The van der Waals surface area contributed by atoms with E-state index < -0.39 is 11.9 Å². The average molecular weight is 569 g/mol. The summed E-state index contributed by atoms with van der Waals surface area (Å²) in [6.07, 6.45) is 3.96. The second kappa shape index (κ2) is 12.5. The van der Waals surface area contributed by atoms with Crippen LogP contribution >= 0.6 is 0 Å². The van der Waals surface area contributed by atoms with Gasteiger partial charge in [0.1, 0.15) is 6.10 Å². The topological polar surface area (TPSA) is 104 Å². The molecular weight excluding hydrogens is 536 g/mol. The van der Waals surface area contributed by atoms with E-state index in [2.05, 4.69) is 63.5 Å². The maximum absolute atomic E-state index is 12.1. The Hall–Kier alpha value is -4.54. The second-order valence-electron chi connectivity index (χ2n) is 10.4. The van der Waals surface area contributed by atoms with Crippen LogP contribution in [0.15, 0.2) is 84.4 Å². The average Bonchev–Trinajstić information content (AvgIpc) is 3.34. The van der Waals surface area contributed by atoms with Crippen LogP contribution in [0.1, 0.15) is 43.4 Å². The van der Waals surface area contributed by atoms with E-state index in [1.54, 1.807) is 12.1 Å². The lowest BCUT2D eigenvalue weighted by Gasteiger charge is -2.34. The lowest BCUT2D eigenvalue weighted by molar-refractivity contribution is -0.134. The molecular formula is C32H32N4O6. The number of piperidine rings is 1. The highest BCUT2D eigenvalue weighted by Gasteiger charge is 2.26. The Morgan fingerprint density at radius 3 is 2.31 bits per heavy atom. The van der Waals surface area contributed by atoms with Crippen molar-refractivity contribution in [1.29, 1.82) is 0 Å². The molecule has 0 bridgehead atoms. The number of esters is 2. The largest absolute Gasteiger partial charge is 0.477 e. The first-order valence-electron chi connectivity index (χ1n) is 14.2. The van der Waals surface area contributed by atoms with Crippen molar-refractivity contribution in [2.45, 2.75) is 38.4 Å². The Balaban J connectivity index is 0.996. The normalized spacial score (nSPS) is 17.6. The van der Waals surface area contributed by atoms with Gasteiger partial charge in [-0.2, -0.15) is 9.50 Å². The van der Waals surface area contributed by atoms with Crippen molar-refractivity contribution in [2.24, 2.45) is 0 Å². The summed E-state index contributed by atoms with van der Waals surface area (Å²) in [5, 5.41) is 4.38. The molecule has 0 unspecified atom stereocenters. The van der Waals surface area contributed by atoms with Gasteiger partial charge in [0.05, 0.1) is 12.7 Å². The van der Waals surface area contributed by atoms with E-state index in [9.17, 15) is 9.59 Å². The first kappa shape index (κ1) is 27.6. The van der Waals surface area contributed by atoms with Crippen LogP contribution in [-0.2, 0) is 14.3 Å². The number of carbonyl (C=O) groups excluding carboxylic acids is 2. The molecule has 0 amide bonds. The van der Waals surface area contributed by atoms with Gasteiger partial charge in [-0.1, -0.05) is 60.7 Å². The zero-order valence-electron chi connectivity index (χ0n) is 23.3. The van der Waals surface area contributed by atoms with Gasteiger partial charge in [0.15, 0.2) is 5.65 Å². The van der Waals surface area contributed by atoms with E-state index in [1.165, 1.54) is 22.6 Å². The van der Waals surface area contributed by atoms with Crippen molar-refractivity contribution >= 4 is 17.6 Å². The van der Waals surface area contributed by atoms with Crippen molar-refractivity contribution in [1.82, 2.24) is 19.5 Å². The molecule has 4 aromatic rings. The summed E-state index contributed by atoms with van der Waals surface area (Å²) in [4.78, 5) is 30.9. The molecule has 1 fully saturated rings. The molecule has 216 valence electrons. The van der Waals surface area contributed by atoms with Crippen LogP contribution < -0.4 is 14.2 Å². The molecule has 2 aromatic carbocycles. The predicted molar refractivity (Wildman–Crippen MR) is 153 cm³/mol. The fraction of sp³-hybridized carbons (Fsp3) is 0.312. The van der Waals surface area contributed by atoms with E-state index in [1.807, 2.05) is 12.1 Å². The first-order valence-corrected chi connectivity index (χ1v) is 14.2. The van der Waals surface area contributed by atoms with Crippen molar-refractivity contribution in [3.63, 3.8) is 0 Å². The number of likely N-dealkylation sites (tertiary alicyclic amines) is 1. The van der Waals surface area contributed by atoms with Gasteiger partial charge < -0.3 is 23.8 Å². The standard InChI is InChI=1S/C32H32N4O6/c1-22-21-28(37)41-31-30(42-32(22)38)33-26-13-14-27(34-36(26)31)39-20-8-17-35-18-15-25(16-19-35)40-29(23-9-4-2-5-10-23)24-11-6-3-7-12-24/h2-7,9-14,21,25,29H,8,15-20H2,1H3/b22-21+. The second-order valence-corrected chi connectivity index (χ2v) is 10.4.